The molecular weight excluding hydrogens is 284 g/mol. The first kappa shape index (κ1) is 14.7. The van der Waals surface area contributed by atoms with E-state index in [-0.39, 0.29) is 13.0 Å². The van der Waals surface area contributed by atoms with E-state index in [0.29, 0.717) is 5.90 Å². The summed E-state index contributed by atoms with van der Waals surface area (Å²) in [5, 5.41) is 0. The molecule has 1 unspecified atom stereocenters. The molecule has 0 amide bonds. The first-order valence-corrected chi connectivity index (χ1v) is 7.23. The van der Waals surface area contributed by atoms with Crippen LogP contribution >= 0.6 is 0 Å². The lowest BCUT2D eigenvalue weighted by Crippen LogP contribution is -2.33. The van der Waals surface area contributed by atoms with Crippen LogP contribution in [-0.2, 0) is 10.3 Å². The third kappa shape index (κ3) is 2.86. The molecule has 0 saturated carbocycles. The summed E-state index contributed by atoms with van der Waals surface area (Å²) in [4.78, 5) is 4.38. The van der Waals surface area contributed by atoms with Crippen LogP contribution in [0, 0.1) is 6.92 Å². The van der Waals surface area contributed by atoms with E-state index in [4.69, 9.17) is 4.74 Å². The van der Waals surface area contributed by atoms with Crippen molar-refractivity contribution in [3.05, 3.63) is 71.3 Å². The van der Waals surface area contributed by atoms with Gasteiger partial charge in [0.05, 0.1) is 13.0 Å². The molecule has 0 fully saturated rings. The Bertz CT molecular complexity index is 667. The Morgan fingerprint density at radius 2 is 1.77 bits per heavy atom. The maximum Gasteiger partial charge on any atom is 0.242 e. The maximum absolute atomic E-state index is 13.1. The fourth-order valence-electron chi connectivity index (χ4n) is 2.66. The fraction of sp³-hybridized carbons (Fsp3) is 0.278. The van der Waals surface area contributed by atoms with Gasteiger partial charge in [0.15, 0.2) is 5.60 Å². The first-order chi connectivity index (χ1) is 10.6. The number of alkyl halides is 2. The third-order valence-corrected chi connectivity index (χ3v) is 3.85. The van der Waals surface area contributed by atoms with Crippen molar-refractivity contribution in [3.63, 3.8) is 0 Å². The summed E-state index contributed by atoms with van der Waals surface area (Å²) in [6, 6.07) is 16.9. The van der Waals surface area contributed by atoms with Crippen molar-refractivity contribution >= 4 is 5.90 Å². The zero-order chi connectivity index (χ0) is 15.6. The molecule has 114 valence electrons. The van der Waals surface area contributed by atoms with Gasteiger partial charge >= 0.3 is 0 Å². The molecule has 22 heavy (non-hydrogen) atoms. The van der Waals surface area contributed by atoms with E-state index in [1.165, 1.54) is 0 Å². The lowest BCUT2D eigenvalue weighted by atomic mass is 9.90. The quantitative estimate of drug-likeness (QED) is 0.824. The molecule has 1 heterocycles. The Labute approximate surface area is 128 Å². The third-order valence-electron chi connectivity index (χ3n) is 3.85. The minimum absolute atomic E-state index is 0.213. The zero-order valence-corrected chi connectivity index (χ0v) is 12.3. The molecule has 3 rings (SSSR count). The number of aliphatic imine (C=N–C) groups is 1. The minimum atomic E-state index is -2.45. The Kier molecular flexibility index (Phi) is 3.92. The van der Waals surface area contributed by atoms with Crippen molar-refractivity contribution in [2.45, 2.75) is 25.4 Å². The predicted octanol–water partition coefficient (Wildman–Crippen LogP) is 4.32. The van der Waals surface area contributed by atoms with Crippen molar-refractivity contribution < 1.29 is 13.5 Å². The normalized spacial score (nSPS) is 20.8. The van der Waals surface area contributed by atoms with E-state index in [2.05, 4.69) is 4.99 Å². The molecule has 2 nitrogen and oxygen atoms in total. The van der Waals surface area contributed by atoms with Crippen molar-refractivity contribution in [2.24, 2.45) is 4.99 Å². The van der Waals surface area contributed by atoms with Gasteiger partial charge in [0, 0.05) is 5.56 Å². The van der Waals surface area contributed by atoms with E-state index in [9.17, 15) is 8.78 Å². The molecule has 2 aromatic carbocycles. The number of benzene rings is 2. The van der Waals surface area contributed by atoms with Crippen LogP contribution in [0.1, 0.15) is 23.1 Å². The fourth-order valence-corrected chi connectivity index (χ4v) is 2.66. The van der Waals surface area contributed by atoms with Gasteiger partial charge in [0.2, 0.25) is 12.3 Å². The Balaban J connectivity index is 1.90. The molecule has 0 saturated heterocycles. The summed E-state index contributed by atoms with van der Waals surface area (Å²) in [5.41, 5.74) is 1.61. The largest absolute Gasteiger partial charge is 0.464 e. The zero-order valence-electron chi connectivity index (χ0n) is 12.3. The second kappa shape index (κ2) is 5.87. The molecule has 0 spiro atoms. The van der Waals surface area contributed by atoms with Crippen molar-refractivity contribution in [1.82, 2.24) is 0 Å². The summed E-state index contributed by atoms with van der Waals surface area (Å²) >= 11 is 0. The molecule has 1 aliphatic heterocycles. The van der Waals surface area contributed by atoms with E-state index in [1.54, 1.807) is 0 Å². The number of halogens is 2. The number of rotatable bonds is 4. The van der Waals surface area contributed by atoms with Crippen LogP contribution in [0.3, 0.4) is 0 Å². The highest BCUT2D eigenvalue weighted by Gasteiger charge is 2.42. The van der Waals surface area contributed by atoms with Gasteiger partial charge in [-0.05, 0) is 24.6 Å². The van der Waals surface area contributed by atoms with Gasteiger partial charge in [0.1, 0.15) is 0 Å². The van der Waals surface area contributed by atoms with E-state index < -0.39 is 12.0 Å². The van der Waals surface area contributed by atoms with Crippen LogP contribution in [0.15, 0.2) is 59.6 Å². The lowest BCUT2D eigenvalue weighted by Gasteiger charge is -2.28. The van der Waals surface area contributed by atoms with Gasteiger partial charge < -0.3 is 4.74 Å². The Hall–Kier alpha value is -2.23. The van der Waals surface area contributed by atoms with E-state index in [0.717, 1.165) is 16.7 Å². The average molecular weight is 301 g/mol. The molecule has 1 aliphatic rings. The smallest absolute Gasteiger partial charge is 0.242 e. The highest BCUT2D eigenvalue weighted by atomic mass is 19.3. The molecule has 0 aliphatic carbocycles. The molecule has 2 aromatic rings. The van der Waals surface area contributed by atoms with Crippen LogP contribution < -0.4 is 0 Å². The van der Waals surface area contributed by atoms with Crippen LogP contribution in [0.25, 0.3) is 0 Å². The first-order valence-electron chi connectivity index (χ1n) is 7.23. The summed E-state index contributed by atoms with van der Waals surface area (Å²) in [7, 11) is 0. The van der Waals surface area contributed by atoms with E-state index in [1.807, 2.05) is 61.5 Å². The van der Waals surface area contributed by atoms with E-state index >= 15 is 0 Å². The number of aryl methyl sites for hydroxylation is 1. The average Bonchev–Trinajstić information content (AvgIpc) is 2.93. The standard InChI is InChI=1S/C18H17F2NO/c1-13-7-9-14(10-8-13)17-21-12-18(22-17,11-16(19)20)15-5-3-2-4-6-15/h2-10,16H,11-12H2,1H3. The summed E-state index contributed by atoms with van der Waals surface area (Å²) in [6.07, 6.45) is -2.82. The van der Waals surface area contributed by atoms with Gasteiger partial charge in [0.25, 0.3) is 0 Å². The van der Waals surface area contributed by atoms with Gasteiger partial charge in [-0.3, -0.25) is 0 Å². The van der Waals surface area contributed by atoms with Gasteiger partial charge in [-0.15, -0.1) is 0 Å². The molecule has 0 aromatic heterocycles. The van der Waals surface area contributed by atoms with Crippen molar-refractivity contribution in [2.75, 3.05) is 6.54 Å². The summed E-state index contributed by atoms with van der Waals surface area (Å²) < 4.78 is 32.1. The highest BCUT2D eigenvalue weighted by molar-refractivity contribution is 5.95. The molecule has 4 heteroatoms. The lowest BCUT2D eigenvalue weighted by molar-refractivity contribution is 0.00574. The van der Waals surface area contributed by atoms with Gasteiger partial charge in [-0.2, -0.15) is 0 Å². The van der Waals surface area contributed by atoms with Gasteiger partial charge in [-0.25, -0.2) is 13.8 Å². The monoisotopic (exact) mass is 301 g/mol. The molecule has 1 atom stereocenters. The number of hydrogen-bond donors (Lipinski definition) is 0. The number of hydrogen-bond acceptors (Lipinski definition) is 2. The molecule has 0 N–H and O–H groups in total. The second-order valence-corrected chi connectivity index (χ2v) is 5.54. The van der Waals surface area contributed by atoms with Crippen LogP contribution in [-0.4, -0.2) is 18.9 Å². The van der Waals surface area contributed by atoms with Crippen LogP contribution in [0.2, 0.25) is 0 Å². The summed E-state index contributed by atoms with van der Waals surface area (Å²) in [6.45, 7) is 2.21. The minimum Gasteiger partial charge on any atom is -0.464 e. The number of ether oxygens (including phenoxy) is 1. The molecule has 0 bridgehead atoms. The van der Waals surface area contributed by atoms with Gasteiger partial charge in [-0.1, -0.05) is 48.0 Å². The van der Waals surface area contributed by atoms with Crippen LogP contribution in [0.5, 0.6) is 0 Å². The Morgan fingerprint density at radius 1 is 1.09 bits per heavy atom. The highest BCUT2D eigenvalue weighted by Crippen LogP contribution is 2.37. The van der Waals surface area contributed by atoms with Crippen molar-refractivity contribution in [1.29, 1.82) is 0 Å². The Morgan fingerprint density at radius 3 is 2.41 bits per heavy atom. The predicted molar refractivity (Wildman–Crippen MR) is 82.4 cm³/mol. The van der Waals surface area contributed by atoms with Crippen LogP contribution in [0.4, 0.5) is 8.78 Å². The second-order valence-electron chi connectivity index (χ2n) is 5.54. The SMILES string of the molecule is Cc1ccc(C2=NCC(CC(F)F)(c3ccccc3)O2)cc1. The maximum atomic E-state index is 13.1. The number of nitrogens with zero attached hydrogens (tertiary/aromatic N) is 1. The topological polar surface area (TPSA) is 21.6 Å². The summed E-state index contributed by atoms with van der Waals surface area (Å²) in [5.74, 6) is 0.435. The molecule has 0 radical (unpaired) electrons. The van der Waals surface area contributed by atoms with Crippen molar-refractivity contribution in [3.8, 4) is 0 Å². The molecular formula is C18H17F2NO.